The van der Waals surface area contributed by atoms with Crippen molar-refractivity contribution in [2.45, 2.75) is 23.9 Å². The van der Waals surface area contributed by atoms with Crippen LogP contribution in [0, 0.1) is 28.4 Å². The van der Waals surface area contributed by atoms with E-state index in [0.717, 1.165) is 5.69 Å². The van der Waals surface area contributed by atoms with Crippen LogP contribution in [-0.2, 0) is 6.61 Å². The number of thioether (sulfide) groups is 1. The molecule has 1 atom stereocenters. The summed E-state index contributed by atoms with van der Waals surface area (Å²) >= 11 is 7.80. The zero-order valence-electron chi connectivity index (χ0n) is 20.0. The van der Waals surface area contributed by atoms with Gasteiger partial charge in [0.15, 0.2) is 16.7 Å². The van der Waals surface area contributed by atoms with Crippen molar-refractivity contribution in [2.75, 3.05) is 13.7 Å². The van der Waals surface area contributed by atoms with Crippen LogP contribution in [0.2, 0.25) is 5.02 Å². The molecule has 0 amide bonds. The lowest BCUT2D eigenvalue weighted by Crippen LogP contribution is -2.12. The minimum absolute atomic E-state index is 0.103. The number of para-hydroxylation sites is 1. The summed E-state index contributed by atoms with van der Waals surface area (Å²) in [5.74, 6) is 1.27. The first kappa shape index (κ1) is 26.0. The van der Waals surface area contributed by atoms with Gasteiger partial charge in [-0.3, -0.25) is 14.7 Å². The number of aromatic nitrogens is 3. The number of nitriles is 1. The van der Waals surface area contributed by atoms with Crippen molar-refractivity contribution in [3.05, 3.63) is 104 Å². The van der Waals surface area contributed by atoms with Gasteiger partial charge in [-0.05, 0) is 42.8 Å². The summed E-state index contributed by atoms with van der Waals surface area (Å²) in [6.45, 7) is 1.55. The molecule has 11 heteroatoms. The maximum absolute atomic E-state index is 11.6. The zero-order chi connectivity index (χ0) is 26.4. The highest BCUT2D eigenvalue weighted by atomic mass is 35.5. The average molecular weight is 536 g/mol. The Kier molecular flexibility index (Phi) is 8.28. The Morgan fingerprint density at radius 2 is 1.89 bits per heavy atom. The Morgan fingerprint density at radius 1 is 1.16 bits per heavy atom. The predicted molar refractivity (Wildman–Crippen MR) is 140 cm³/mol. The summed E-state index contributed by atoms with van der Waals surface area (Å²) in [5.41, 5.74) is 2.62. The highest BCUT2D eigenvalue weighted by Gasteiger charge is 2.26. The van der Waals surface area contributed by atoms with E-state index in [1.807, 2.05) is 47.9 Å². The minimum atomic E-state index is -0.638. The van der Waals surface area contributed by atoms with Crippen molar-refractivity contribution in [1.82, 2.24) is 14.8 Å². The number of nitro groups is 1. The number of aryl methyl sites for hydroxylation is 1. The molecule has 0 unspecified atom stereocenters. The van der Waals surface area contributed by atoms with Crippen LogP contribution in [0.3, 0.4) is 0 Å². The number of methoxy groups -OCH3 is 1. The van der Waals surface area contributed by atoms with Crippen LogP contribution >= 0.6 is 23.4 Å². The fourth-order valence-corrected chi connectivity index (χ4v) is 5.17. The molecule has 37 heavy (non-hydrogen) atoms. The van der Waals surface area contributed by atoms with Gasteiger partial charge in [0.2, 0.25) is 6.54 Å². The van der Waals surface area contributed by atoms with Crippen molar-refractivity contribution in [2.24, 2.45) is 0 Å². The van der Waals surface area contributed by atoms with Crippen molar-refractivity contribution >= 4 is 23.4 Å². The molecule has 1 heterocycles. The van der Waals surface area contributed by atoms with Crippen LogP contribution < -0.4 is 9.47 Å². The largest absolute Gasteiger partial charge is 0.493 e. The van der Waals surface area contributed by atoms with E-state index in [9.17, 15) is 15.4 Å². The third-order valence-electron chi connectivity index (χ3n) is 5.51. The van der Waals surface area contributed by atoms with Crippen LogP contribution in [0.15, 0.2) is 71.9 Å². The molecule has 0 N–H and O–H groups in total. The van der Waals surface area contributed by atoms with E-state index in [-0.39, 0.29) is 28.8 Å². The van der Waals surface area contributed by atoms with Gasteiger partial charge in [-0.25, -0.2) is 0 Å². The van der Waals surface area contributed by atoms with Gasteiger partial charge < -0.3 is 9.47 Å². The molecule has 0 radical (unpaired) electrons. The van der Waals surface area contributed by atoms with E-state index in [2.05, 4.69) is 16.3 Å². The number of benzene rings is 3. The second-order valence-corrected chi connectivity index (χ2v) is 9.49. The van der Waals surface area contributed by atoms with E-state index in [1.165, 1.54) is 18.9 Å². The topological polar surface area (TPSA) is 116 Å². The van der Waals surface area contributed by atoms with Gasteiger partial charge in [0.25, 0.3) is 0 Å². The molecule has 4 rings (SSSR count). The van der Waals surface area contributed by atoms with E-state index in [0.29, 0.717) is 33.4 Å². The Labute approximate surface area is 222 Å². The molecule has 9 nitrogen and oxygen atoms in total. The smallest absolute Gasteiger partial charge is 0.220 e. The van der Waals surface area contributed by atoms with E-state index in [4.69, 9.17) is 21.1 Å². The van der Waals surface area contributed by atoms with Crippen LogP contribution in [0.1, 0.15) is 27.8 Å². The highest BCUT2D eigenvalue weighted by Crippen LogP contribution is 2.43. The molecule has 0 saturated heterocycles. The third-order valence-corrected chi connectivity index (χ3v) is 6.97. The maximum Gasteiger partial charge on any atom is 0.220 e. The summed E-state index contributed by atoms with van der Waals surface area (Å²) < 4.78 is 13.3. The van der Waals surface area contributed by atoms with Crippen molar-refractivity contribution in [1.29, 1.82) is 5.26 Å². The van der Waals surface area contributed by atoms with Crippen LogP contribution in [0.25, 0.3) is 5.69 Å². The van der Waals surface area contributed by atoms with Crippen LogP contribution in [0.5, 0.6) is 11.5 Å². The monoisotopic (exact) mass is 535 g/mol. The second kappa shape index (κ2) is 11.8. The Balaban J connectivity index is 1.66. The van der Waals surface area contributed by atoms with Gasteiger partial charge in [0.05, 0.1) is 23.8 Å². The SMILES string of the molecule is COc1cc([C@H](C[N+](=O)[O-])Sc2nnc(C)n2-c2ccccc2)cc(Cl)c1OCc1ccccc1C#N. The first-order chi connectivity index (χ1) is 17.9. The number of hydrogen-bond donors (Lipinski definition) is 0. The molecule has 0 saturated carbocycles. The van der Waals surface area contributed by atoms with Crippen LogP contribution in [0.4, 0.5) is 0 Å². The zero-order valence-corrected chi connectivity index (χ0v) is 21.6. The van der Waals surface area contributed by atoms with E-state index in [1.54, 1.807) is 30.3 Å². The first-order valence-corrected chi connectivity index (χ1v) is 12.4. The van der Waals surface area contributed by atoms with Gasteiger partial charge in [0.1, 0.15) is 17.7 Å². The third kappa shape index (κ3) is 6.02. The lowest BCUT2D eigenvalue weighted by molar-refractivity contribution is -0.479. The molecule has 4 aromatic rings. The number of ether oxygens (including phenoxy) is 2. The quantitative estimate of drug-likeness (QED) is 0.142. The maximum atomic E-state index is 11.6. The molecule has 0 aliphatic carbocycles. The molecule has 0 aliphatic heterocycles. The molecular weight excluding hydrogens is 514 g/mol. The first-order valence-electron chi connectivity index (χ1n) is 11.2. The summed E-state index contributed by atoms with van der Waals surface area (Å²) in [5, 5.41) is 29.5. The summed E-state index contributed by atoms with van der Waals surface area (Å²) in [4.78, 5) is 11.2. The normalized spacial score (nSPS) is 11.5. The Bertz CT molecular complexity index is 1460. The molecule has 0 fully saturated rings. The van der Waals surface area contributed by atoms with E-state index >= 15 is 0 Å². The number of halogens is 1. The van der Waals surface area contributed by atoms with Crippen molar-refractivity contribution < 1.29 is 14.4 Å². The minimum Gasteiger partial charge on any atom is -0.493 e. The molecular formula is C26H22ClN5O4S. The van der Waals surface area contributed by atoms with Gasteiger partial charge in [-0.2, -0.15) is 5.26 Å². The van der Waals surface area contributed by atoms with Crippen molar-refractivity contribution in [3.63, 3.8) is 0 Å². The number of hydrogen-bond acceptors (Lipinski definition) is 8. The predicted octanol–water partition coefficient (Wildman–Crippen LogP) is 5.80. The lowest BCUT2D eigenvalue weighted by atomic mass is 10.1. The lowest BCUT2D eigenvalue weighted by Gasteiger charge is -2.18. The summed E-state index contributed by atoms with van der Waals surface area (Å²) in [7, 11) is 1.47. The highest BCUT2D eigenvalue weighted by molar-refractivity contribution is 7.99. The molecule has 1 aromatic heterocycles. The average Bonchev–Trinajstić information content (AvgIpc) is 3.27. The number of rotatable bonds is 10. The van der Waals surface area contributed by atoms with E-state index < -0.39 is 5.25 Å². The Morgan fingerprint density at radius 3 is 2.59 bits per heavy atom. The second-order valence-electron chi connectivity index (χ2n) is 7.91. The fourth-order valence-electron chi connectivity index (χ4n) is 3.74. The van der Waals surface area contributed by atoms with Crippen molar-refractivity contribution in [3.8, 4) is 23.3 Å². The van der Waals surface area contributed by atoms with Gasteiger partial charge in [-0.15, -0.1) is 10.2 Å². The van der Waals surface area contributed by atoms with Gasteiger partial charge in [0, 0.05) is 16.2 Å². The molecule has 188 valence electrons. The summed E-state index contributed by atoms with van der Waals surface area (Å²) in [6.07, 6.45) is 0. The molecule has 0 bridgehead atoms. The fraction of sp³-hybridized carbons (Fsp3) is 0.192. The molecule has 0 aliphatic rings. The van der Waals surface area contributed by atoms with Gasteiger partial charge >= 0.3 is 0 Å². The number of nitrogens with zero attached hydrogens (tertiary/aromatic N) is 5. The van der Waals surface area contributed by atoms with Crippen LogP contribution in [-0.4, -0.2) is 33.3 Å². The Hall–Kier alpha value is -4.07. The molecule has 0 spiro atoms. The van der Waals surface area contributed by atoms with Gasteiger partial charge in [-0.1, -0.05) is 59.8 Å². The standard InChI is InChI=1S/C26H22ClN5O4S/c1-17-29-30-26(32(17)21-10-4-3-5-11-21)37-24(15-31(33)34)20-12-22(27)25(23(13-20)35-2)36-16-19-9-7-6-8-18(19)14-28/h3-13,24H,15-16H2,1-2H3/t24-/m0/s1. The summed E-state index contributed by atoms with van der Waals surface area (Å²) in [6, 6.07) is 22.1. The molecule has 3 aromatic carbocycles.